The second-order valence-electron chi connectivity index (χ2n) is 7.61. The highest BCUT2D eigenvalue weighted by Gasteiger charge is 2.18. The van der Waals surface area contributed by atoms with E-state index >= 15 is 0 Å². The number of hydrogen-bond donors (Lipinski definition) is 3. The molecule has 0 amide bonds. The molecule has 1 atom stereocenters. The Morgan fingerprint density at radius 2 is 2.03 bits per heavy atom. The third kappa shape index (κ3) is 6.95. The number of aromatic hydroxyl groups is 1. The minimum Gasteiger partial charge on any atom is -0.508 e. The lowest BCUT2D eigenvalue weighted by molar-refractivity contribution is 0.140. The van der Waals surface area contributed by atoms with Gasteiger partial charge in [-0.3, -0.25) is 0 Å². The van der Waals surface area contributed by atoms with Crippen molar-refractivity contribution in [2.75, 3.05) is 26.3 Å². The lowest BCUT2D eigenvalue weighted by Gasteiger charge is -2.16. The van der Waals surface area contributed by atoms with Gasteiger partial charge in [0.25, 0.3) is 0 Å². The highest BCUT2D eigenvalue weighted by molar-refractivity contribution is 5.79. The van der Waals surface area contributed by atoms with Gasteiger partial charge in [-0.1, -0.05) is 24.3 Å². The normalized spacial score (nSPS) is 16.5. The van der Waals surface area contributed by atoms with E-state index in [0.717, 1.165) is 56.2 Å². The SMILES string of the molecule is CCNC(=NCc1ccc(C)cc1OC1CCOC1)NCCCc1ccc(O)cc1. The van der Waals surface area contributed by atoms with Crippen molar-refractivity contribution in [3.05, 3.63) is 59.2 Å². The van der Waals surface area contributed by atoms with E-state index in [1.54, 1.807) is 12.1 Å². The van der Waals surface area contributed by atoms with Crippen LogP contribution >= 0.6 is 0 Å². The molecule has 0 bridgehead atoms. The molecule has 0 aliphatic carbocycles. The quantitative estimate of drug-likeness (QED) is 0.334. The van der Waals surface area contributed by atoms with Gasteiger partial charge in [-0.2, -0.15) is 0 Å². The van der Waals surface area contributed by atoms with E-state index in [0.29, 0.717) is 18.9 Å². The highest BCUT2D eigenvalue weighted by atomic mass is 16.5. The molecule has 1 aliphatic heterocycles. The van der Waals surface area contributed by atoms with Gasteiger partial charge in [0, 0.05) is 25.1 Å². The van der Waals surface area contributed by atoms with Crippen LogP contribution in [0.5, 0.6) is 11.5 Å². The maximum Gasteiger partial charge on any atom is 0.191 e. The van der Waals surface area contributed by atoms with E-state index in [9.17, 15) is 5.11 Å². The molecule has 6 heteroatoms. The van der Waals surface area contributed by atoms with Gasteiger partial charge in [-0.25, -0.2) is 4.99 Å². The molecule has 30 heavy (non-hydrogen) atoms. The van der Waals surface area contributed by atoms with Crippen molar-refractivity contribution in [3.63, 3.8) is 0 Å². The van der Waals surface area contributed by atoms with Gasteiger partial charge in [0.2, 0.25) is 0 Å². The Kier molecular flexibility index (Phi) is 8.39. The molecule has 0 saturated carbocycles. The van der Waals surface area contributed by atoms with Crippen molar-refractivity contribution >= 4 is 5.96 Å². The fourth-order valence-corrected chi connectivity index (χ4v) is 3.36. The average molecular weight is 412 g/mol. The summed E-state index contributed by atoms with van der Waals surface area (Å²) in [6.45, 7) is 7.74. The van der Waals surface area contributed by atoms with Crippen LogP contribution in [0, 0.1) is 6.92 Å². The molecule has 162 valence electrons. The summed E-state index contributed by atoms with van der Waals surface area (Å²) in [6.07, 6.45) is 2.99. The Bertz CT molecular complexity index is 815. The van der Waals surface area contributed by atoms with E-state index in [4.69, 9.17) is 14.5 Å². The number of benzene rings is 2. The number of rotatable bonds is 9. The number of phenols is 1. The summed E-state index contributed by atoms with van der Waals surface area (Å²) < 4.78 is 11.6. The van der Waals surface area contributed by atoms with Crippen LogP contribution in [-0.2, 0) is 17.7 Å². The summed E-state index contributed by atoms with van der Waals surface area (Å²) in [5.74, 6) is 2.01. The van der Waals surface area contributed by atoms with E-state index in [-0.39, 0.29) is 6.10 Å². The van der Waals surface area contributed by atoms with Crippen molar-refractivity contribution < 1.29 is 14.6 Å². The smallest absolute Gasteiger partial charge is 0.191 e. The summed E-state index contributed by atoms with van der Waals surface area (Å²) in [5, 5.41) is 16.1. The number of phenolic OH excluding ortho intramolecular Hbond substituents is 1. The molecule has 0 radical (unpaired) electrons. The van der Waals surface area contributed by atoms with Crippen LogP contribution in [0.2, 0.25) is 0 Å². The summed E-state index contributed by atoms with van der Waals surface area (Å²) in [5.41, 5.74) is 3.47. The third-order valence-electron chi connectivity index (χ3n) is 5.03. The zero-order valence-electron chi connectivity index (χ0n) is 18.0. The maximum absolute atomic E-state index is 9.38. The van der Waals surface area contributed by atoms with E-state index in [2.05, 4.69) is 42.7 Å². The first kappa shape index (κ1) is 22.0. The van der Waals surface area contributed by atoms with E-state index in [1.165, 1.54) is 11.1 Å². The monoisotopic (exact) mass is 411 g/mol. The number of ether oxygens (including phenoxy) is 2. The fourth-order valence-electron chi connectivity index (χ4n) is 3.36. The van der Waals surface area contributed by atoms with Crippen LogP contribution < -0.4 is 15.4 Å². The molecule has 1 aliphatic rings. The maximum atomic E-state index is 9.38. The molecule has 0 spiro atoms. The molecule has 2 aromatic carbocycles. The second-order valence-corrected chi connectivity index (χ2v) is 7.61. The largest absolute Gasteiger partial charge is 0.508 e. The minimum absolute atomic E-state index is 0.126. The molecule has 2 aromatic rings. The lowest BCUT2D eigenvalue weighted by atomic mass is 10.1. The number of guanidine groups is 1. The number of aryl methyl sites for hydroxylation is 2. The highest BCUT2D eigenvalue weighted by Crippen LogP contribution is 2.24. The van der Waals surface area contributed by atoms with Crippen LogP contribution in [-0.4, -0.2) is 43.5 Å². The Hall–Kier alpha value is -2.73. The topological polar surface area (TPSA) is 75.1 Å². The van der Waals surface area contributed by atoms with Gasteiger partial charge < -0.3 is 25.2 Å². The Morgan fingerprint density at radius 1 is 1.20 bits per heavy atom. The fraction of sp³-hybridized carbons (Fsp3) is 0.458. The Morgan fingerprint density at radius 3 is 2.77 bits per heavy atom. The number of nitrogens with one attached hydrogen (secondary N) is 2. The zero-order valence-corrected chi connectivity index (χ0v) is 18.0. The van der Waals surface area contributed by atoms with Crippen molar-refractivity contribution in [1.29, 1.82) is 0 Å². The molecule has 0 aromatic heterocycles. The standard InChI is InChI=1S/C24H33N3O3/c1-3-25-24(26-13-4-5-19-7-10-21(28)11-8-19)27-16-20-9-6-18(2)15-23(20)30-22-12-14-29-17-22/h6-11,15,22,28H,3-5,12-14,16-17H2,1-2H3,(H2,25,26,27). The Balaban J connectivity index is 1.55. The van der Waals surface area contributed by atoms with Crippen molar-refractivity contribution in [2.24, 2.45) is 4.99 Å². The van der Waals surface area contributed by atoms with Gasteiger partial charge in [0.05, 0.1) is 19.8 Å². The first-order valence-corrected chi connectivity index (χ1v) is 10.8. The third-order valence-corrected chi connectivity index (χ3v) is 5.03. The molecule has 1 unspecified atom stereocenters. The average Bonchev–Trinajstić information content (AvgIpc) is 3.25. The molecular weight excluding hydrogens is 378 g/mol. The van der Waals surface area contributed by atoms with Crippen LogP contribution in [0.4, 0.5) is 0 Å². The molecule has 3 N–H and O–H groups in total. The molecule has 1 heterocycles. The summed E-state index contributed by atoms with van der Waals surface area (Å²) in [6, 6.07) is 13.7. The number of aliphatic imine (C=N–C) groups is 1. The van der Waals surface area contributed by atoms with Gasteiger partial charge >= 0.3 is 0 Å². The van der Waals surface area contributed by atoms with Gasteiger partial charge in [0.1, 0.15) is 17.6 Å². The predicted molar refractivity (Wildman–Crippen MR) is 120 cm³/mol. The molecule has 6 nitrogen and oxygen atoms in total. The first-order valence-electron chi connectivity index (χ1n) is 10.8. The van der Waals surface area contributed by atoms with Crippen LogP contribution in [0.3, 0.4) is 0 Å². The van der Waals surface area contributed by atoms with Crippen molar-refractivity contribution in [3.8, 4) is 11.5 Å². The van der Waals surface area contributed by atoms with Crippen LogP contribution in [0.15, 0.2) is 47.5 Å². The molecule has 1 fully saturated rings. The van der Waals surface area contributed by atoms with Gasteiger partial charge in [0.15, 0.2) is 5.96 Å². The molecular formula is C24H33N3O3. The van der Waals surface area contributed by atoms with E-state index < -0.39 is 0 Å². The number of hydrogen-bond acceptors (Lipinski definition) is 4. The second kappa shape index (κ2) is 11.5. The minimum atomic E-state index is 0.126. The van der Waals surface area contributed by atoms with Crippen LogP contribution in [0.1, 0.15) is 36.5 Å². The van der Waals surface area contributed by atoms with E-state index in [1.807, 2.05) is 12.1 Å². The van der Waals surface area contributed by atoms with Crippen LogP contribution in [0.25, 0.3) is 0 Å². The number of nitrogens with zero attached hydrogens (tertiary/aromatic N) is 1. The molecule has 3 rings (SSSR count). The predicted octanol–water partition coefficient (Wildman–Crippen LogP) is 3.56. The Labute approximate surface area is 179 Å². The first-order chi connectivity index (χ1) is 14.6. The van der Waals surface area contributed by atoms with Crippen molar-refractivity contribution in [1.82, 2.24) is 10.6 Å². The van der Waals surface area contributed by atoms with Gasteiger partial charge in [-0.15, -0.1) is 0 Å². The van der Waals surface area contributed by atoms with Crippen molar-refractivity contribution in [2.45, 2.75) is 45.8 Å². The van der Waals surface area contributed by atoms with Gasteiger partial charge in [-0.05, 0) is 56.0 Å². The molecule has 1 saturated heterocycles. The lowest BCUT2D eigenvalue weighted by Crippen LogP contribution is -2.37. The zero-order chi connectivity index (χ0) is 21.2. The summed E-state index contributed by atoms with van der Waals surface area (Å²) >= 11 is 0. The summed E-state index contributed by atoms with van der Waals surface area (Å²) in [4.78, 5) is 4.75. The summed E-state index contributed by atoms with van der Waals surface area (Å²) in [7, 11) is 0.